The van der Waals surface area contributed by atoms with Crippen LogP contribution in [0.2, 0.25) is 0 Å². The third-order valence-corrected chi connectivity index (χ3v) is 3.49. The Morgan fingerprint density at radius 1 is 1.35 bits per heavy atom. The zero-order valence-corrected chi connectivity index (χ0v) is 10.2. The van der Waals surface area contributed by atoms with Gasteiger partial charge in [0, 0.05) is 0 Å². The minimum atomic E-state index is -0.443. The summed E-state index contributed by atoms with van der Waals surface area (Å²) in [6, 6.07) is 9.85. The minimum Gasteiger partial charge on any atom is -0.348 e. The summed E-state index contributed by atoms with van der Waals surface area (Å²) >= 11 is 0. The molecule has 17 heavy (non-hydrogen) atoms. The number of rotatable bonds is 4. The molecule has 1 aromatic rings. The fourth-order valence-electron chi connectivity index (χ4n) is 2.19. The highest BCUT2D eigenvalue weighted by molar-refractivity contribution is 5.81. The Kier molecular flexibility index (Phi) is 3.79. The van der Waals surface area contributed by atoms with Crippen LogP contribution in [0.5, 0.6) is 0 Å². The standard InChI is InChI=1S/C14H20N2O/c1-10(15)14(17)16-13(12-8-5-9-12)11-6-3-2-4-7-11/h2-4,6-7,10,12-13H,5,8-9,15H2,1H3,(H,16,17)/t10-,13?/m0/s1. The van der Waals surface area contributed by atoms with E-state index in [0.29, 0.717) is 5.92 Å². The maximum absolute atomic E-state index is 11.7. The number of amides is 1. The number of carbonyl (C=O) groups excluding carboxylic acids is 1. The van der Waals surface area contributed by atoms with Crippen molar-refractivity contribution in [2.45, 2.75) is 38.3 Å². The van der Waals surface area contributed by atoms with Crippen molar-refractivity contribution in [3.63, 3.8) is 0 Å². The van der Waals surface area contributed by atoms with Gasteiger partial charge in [0.05, 0.1) is 12.1 Å². The molecule has 3 nitrogen and oxygen atoms in total. The largest absolute Gasteiger partial charge is 0.348 e. The zero-order valence-electron chi connectivity index (χ0n) is 10.2. The van der Waals surface area contributed by atoms with Crippen molar-refractivity contribution in [3.05, 3.63) is 35.9 Å². The van der Waals surface area contributed by atoms with E-state index in [9.17, 15) is 4.79 Å². The summed E-state index contributed by atoms with van der Waals surface area (Å²) in [5, 5.41) is 3.07. The van der Waals surface area contributed by atoms with E-state index in [4.69, 9.17) is 5.73 Å². The predicted octanol–water partition coefficient (Wildman–Crippen LogP) is 1.99. The Morgan fingerprint density at radius 2 is 2.00 bits per heavy atom. The van der Waals surface area contributed by atoms with Crippen LogP contribution in [0, 0.1) is 5.92 Å². The first-order valence-corrected chi connectivity index (χ1v) is 6.29. The van der Waals surface area contributed by atoms with Gasteiger partial charge in [-0.05, 0) is 31.2 Å². The first-order chi connectivity index (χ1) is 8.18. The van der Waals surface area contributed by atoms with Gasteiger partial charge in [0.25, 0.3) is 0 Å². The number of nitrogens with one attached hydrogen (secondary N) is 1. The van der Waals surface area contributed by atoms with Gasteiger partial charge in [-0.2, -0.15) is 0 Å². The molecule has 1 fully saturated rings. The first-order valence-electron chi connectivity index (χ1n) is 6.29. The van der Waals surface area contributed by atoms with Crippen LogP contribution < -0.4 is 11.1 Å². The van der Waals surface area contributed by atoms with Gasteiger partial charge in [-0.3, -0.25) is 4.79 Å². The molecule has 3 heteroatoms. The number of benzene rings is 1. The van der Waals surface area contributed by atoms with Crippen molar-refractivity contribution < 1.29 is 4.79 Å². The van der Waals surface area contributed by atoms with Crippen molar-refractivity contribution in [2.24, 2.45) is 11.7 Å². The Labute approximate surface area is 102 Å². The molecule has 0 saturated heterocycles. The molecule has 2 rings (SSSR count). The second kappa shape index (κ2) is 5.32. The summed E-state index contributed by atoms with van der Waals surface area (Å²) < 4.78 is 0. The van der Waals surface area contributed by atoms with Crippen LogP contribution in [0.4, 0.5) is 0 Å². The summed E-state index contributed by atoms with van der Waals surface area (Å²) in [5.41, 5.74) is 6.80. The molecule has 1 aliphatic rings. The fraction of sp³-hybridized carbons (Fsp3) is 0.500. The molecule has 0 bridgehead atoms. The first kappa shape index (κ1) is 12.1. The molecule has 1 unspecified atom stereocenters. The fourth-order valence-corrected chi connectivity index (χ4v) is 2.19. The maximum Gasteiger partial charge on any atom is 0.237 e. The van der Waals surface area contributed by atoms with Crippen LogP contribution in [0.25, 0.3) is 0 Å². The molecule has 0 aromatic heterocycles. The van der Waals surface area contributed by atoms with Gasteiger partial charge in [0.15, 0.2) is 0 Å². The summed E-state index contributed by atoms with van der Waals surface area (Å²) in [6.45, 7) is 1.72. The molecule has 0 heterocycles. The Hall–Kier alpha value is -1.35. The summed E-state index contributed by atoms with van der Waals surface area (Å²) in [4.78, 5) is 11.7. The highest BCUT2D eigenvalue weighted by atomic mass is 16.2. The lowest BCUT2D eigenvalue weighted by Crippen LogP contribution is -2.43. The lowest BCUT2D eigenvalue weighted by atomic mass is 9.77. The number of nitrogens with two attached hydrogens (primary N) is 1. The molecule has 1 saturated carbocycles. The quantitative estimate of drug-likeness (QED) is 0.834. The van der Waals surface area contributed by atoms with E-state index in [-0.39, 0.29) is 11.9 Å². The molecule has 2 atom stereocenters. The summed E-state index contributed by atoms with van der Waals surface area (Å²) in [7, 11) is 0. The van der Waals surface area contributed by atoms with Crippen LogP contribution in [0.3, 0.4) is 0 Å². The highest BCUT2D eigenvalue weighted by Gasteiger charge is 2.30. The molecule has 1 aliphatic carbocycles. The van der Waals surface area contributed by atoms with Crippen LogP contribution in [0.1, 0.15) is 37.8 Å². The predicted molar refractivity (Wildman–Crippen MR) is 68.3 cm³/mol. The molecular formula is C14H20N2O. The number of carbonyl (C=O) groups is 1. The Balaban J connectivity index is 2.11. The van der Waals surface area contributed by atoms with Gasteiger partial charge in [0.2, 0.25) is 5.91 Å². The van der Waals surface area contributed by atoms with Crippen LogP contribution in [-0.4, -0.2) is 11.9 Å². The van der Waals surface area contributed by atoms with Gasteiger partial charge < -0.3 is 11.1 Å². The highest BCUT2D eigenvalue weighted by Crippen LogP contribution is 2.37. The smallest absolute Gasteiger partial charge is 0.237 e. The van der Waals surface area contributed by atoms with Gasteiger partial charge >= 0.3 is 0 Å². The van der Waals surface area contributed by atoms with Gasteiger partial charge in [0.1, 0.15) is 0 Å². The van der Waals surface area contributed by atoms with Crippen molar-refractivity contribution in [2.75, 3.05) is 0 Å². The molecule has 0 radical (unpaired) electrons. The van der Waals surface area contributed by atoms with Crippen molar-refractivity contribution in [3.8, 4) is 0 Å². The van der Waals surface area contributed by atoms with Crippen molar-refractivity contribution in [1.29, 1.82) is 0 Å². The monoisotopic (exact) mass is 232 g/mol. The molecule has 1 aromatic carbocycles. The van der Waals surface area contributed by atoms with Crippen molar-refractivity contribution in [1.82, 2.24) is 5.32 Å². The Morgan fingerprint density at radius 3 is 2.47 bits per heavy atom. The van der Waals surface area contributed by atoms with E-state index in [0.717, 1.165) is 0 Å². The minimum absolute atomic E-state index is 0.0641. The van der Waals surface area contributed by atoms with E-state index in [1.807, 2.05) is 18.2 Å². The SMILES string of the molecule is C[C@H](N)C(=O)NC(c1ccccc1)C1CCC1. The average Bonchev–Trinajstić information content (AvgIpc) is 2.26. The summed E-state index contributed by atoms with van der Waals surface area (Å²) in [5.74, 6) is 0.505. The third kappa shape index (κ3) is 2.86. The van der Waals surface area contributed by atoms with Gasteiger partial charge in [-0.1, -0.05) is 36.8 Å². The zero-order chi connectivity index (χ0) is 12.3. The van der Waals surface area contributed by atoms with Crippen LogP contribution >= 0.6 is 0 Å². The van der Waals surface area contributed by atoms with Crippen LogP contribution in [0.15, 0.2) is 30.3 Å². The van der Waals surface area contributed by atoms with Crippen LogP contribution in [-0.2, 0) is 4.79 Å². The molecule has 0 aliphatic heterocycles. The molecule has 0 spiro atoms. The second-order valence-electron chi connectivity index (χ2n) is 4.88. The van der Waals surface area contributed by atoms with E-state index in [2.05, 4.69) is 17.4 Å². The number of hydrogen-bond acceptors (Lipinski definition) is 2. The lowest BCUT2D eigenvalue weighted by Gasteiger charge is -2.35. The lowest BCUT2D eigenvalue weighted by molar-refractivity contribution is -0.123. The normalized spacial score (nSPS) is 19.2. The number of hydrogen-bond donors (Lipinski definition) is 2. The van der Waals surface area contributed by atoms with Gasteiger partial charge in [-0.25, -0.2) is 0 Å². The molecule has 1 amide bonds. The summed E-state index contributed by atoms with van der Waals surface area (Å²) in [6.07, 6.45) is 3.65. The van der Waals surface area contributed by atoms with E-state index < -0.39 is 6.04 Å². The van der Waals surface area contributed by atoms with E-state index in [1.165, 1.54) is 24.8 Å². The Bertz CT molecular complexity index is 371. The molecular weight excluding hydrogens is 212 g/mol. The second-order valence-corrected chi connectivity index (χ2v) is 4.88. The molecule has 92 valence electrons. The van der Waals surface area contributed by atoms with E-state index in [1.54, 1.807) is 6.92 Å². The maximum atomic E-state index is 11.7. The van der Waals surface area contributed by atoms with Crippen molar-refractivity contribution >= 4 is 5.91 Å². The van der Waals surface area contributed by atoms with Gasteiger partial charge in [-0.15, -0.1) is 0 Å². The topological polar surface area (TPSA) is 55.1 Å². The average molecular weight is 232 g/mol. The van der Waals surface area contributed by atoms with E-state index >= 15 is 0 Å². The molecule has 3 N–H and O–H groups in total. The third-order valence-electron chi connectivity index (χ3n) is 3.49.